The molecular weight excluding hydrogens is 305 g/mol. The first-order valence-electron chi connectivity index (χ1n) is 7.00. The van der Waals surface area contributed by atoms with E-state index in [-0.39, 0.29) is 12.4 Å². The van der Waals surface area contributed by atoms with Gasteiger partial charge in [-0.05, 0) is 59.8 Å². The summed E-state index contributed by atoms with van der Waals surface area (Å²) in [5.41, 5.74) is 6.65. The number of hydrogen-bond acceptors (Lipinski definition) is 2. The Morgan fingerprint density at radius 1 is 1.19 bits per heavy atom. The van der Waals surface area contributed by atoms with Crippen LogP contribution in [-0.4, -0.2) is 13.7 Å². The van der Waals surface area contributed by atoms with Crippen molar-refractivity contribution in [2.75, 3.05) is 13.7 Å². The van der Waals surface area contributed by atoms with E-state index in [1.807, 2.05) is 6.07 Å². The minimum atomic E-state index is 0. The zero-order valence-electron chi connectivity index (χ0n) is 11.8. The second kappa shape index (κ2) is 5.53. The summed E-state index contributed by atoms with van der Waals surface area (Å²) in [6, 6.07) is 10.9. The molecule has 0 radical (unpaired) electrons. The van der Waals surface area contributed by atoms with Crippen molar-refractivity contribution < 1.29 is 4.74 Å². The number of benzene rings is 2. The second-order valence-corrected chi connectivity index (χ2v) is 5.91. The molecule has 0 saturated carbocycles. The first-order chi connectivity index (χ1) is 9.78. The predicted octanol–water partition coefficient (Wildman–Crippen LogP) is 4.18. The SMILES string of the molecule is COc1ccc2c3c1-c1cc(Cl)ccc1CC3NCC2.Cl. The normalized spacial score (nSPS) is 18.3. The van der Waals surface area contributed by atoms with Crippen molar-refractivity contribution >= 4 is 24.0 Å². The van der Waals surface area contributed by atoms with Crippen LogP contribution in [0.15, 0.2) is 30.3 Å². The van der Waals surface area contributed by atoms with Crippen molar-refractivity contribution in [2.45, 2.75) is 18.9 Å². The van der Waals surface area contributed by atoms with Gasteiger partial charge in [0.25, 0.3) is 0 Å². The Morgan fingerprint density at radius 3 is 2.81 bits per heavy atom. The standard InChI is InChI=1S/C17H16ClNO.ClH/c1-20-15-5-3-10-6-7-19-14-8-11-2-4-12(18)9-13(11)17(15)16(10)14;/h2-5,9,14,19H,6-8H2,1H3;1H. The molecule has 1 unspecified atom stereocenters. The van der Waals surface area contributed by atoms with E-state index in [2.05, 4.69) is 29.6 Å². The first kappa shape index (κ1) is 14.7. The van der Waals surface area contributed by atoms with E-state index in [0.717, 1.165) is 30.2 Å². The largest absolute Gasteiger partial charge is 0.496 e. The first-order valence-corrected chi connectivity index (χ1v) is 7.37. The molecule has 2 aromatic carbocycles. The second-order valence-electron chi connectivity index (χ2n) is 5.48. The van der Waals surface area contributed by atoms with Gasteiger partial charge in [-0.15, -0.1) is 12.4 Å². The fourth-order valence-electron chi connectivity index (χ4n) is 3.54. The van der Waals surface area contributed by atoms with Gasteiger partial charge in [0.1, 0.15) is 5.75 Å². The molecule has 0 spiro atoms. The van der Waals surface area contributed by atoms with Crippen LogP contribution >= 0.6 is 24.0 Å². The molecule has 2 aromatic rings. The average molecular weight is 322 g/mol. The monoisotopic (exact) mass is 321 g/mol. The number of methoxy groups -OCH3 is 1. The average Bonchev–Trinajstić information content (AvgIpc) is 2.48. The number of halogens is 2. The summed E-state index contributed by atoms with van der Waals surface area (Å²) >= 11 is 6.21. The zero-order chi connectivity index (χ0) is 13.7. The van der Waals surface area contributed by atoms with Crippen LogP contribution < -0.4 is 10.1 Å². The minimum Gasteiger partial charge on any atom is -0.496 e. The highest BCUT2D eigenvalue weighted by Gasteiger charge is 2.31. The molecule has 0 aromatic heterocycles. The van der Waals surface area contributed by atoms with Gasteiger partial charge in [-0.3, -0.25) is 0 Å². The maximum absolute atomic E-state index is 6.21. The molecular formula is C17H17Cl2NO. The van der Waals surface area contributed by atoms with Crippen LogP contribution in [0.5, 0.6) is 5.75 Å². The fraction of sp³-hybridized carbons (Fsp3) is 0.294. The Kier molecular flexibility index (Phi) is 3.87. The molecule has 2 nitrogen and oxygen atoms in total. The van der Waals surface area contributed by atoms with Crippen LogP contribution in [-0.2, 0) is 12.8 Å². The van der Waals surface area contributed by atoms with Crippen molar-refractivity contribution in [1.29, 1.82) is 0 Å². The van der Waals surface area contributed by atoms with Crippen LogP contribution in [0.4, 0.5) is 0 Å². The zero-order valence-corrected chi connectivity index (χ0v) is 13.4. The van der Waals surface area contributed by atoms with Crippen LogP contribution in [0.1, 0.15) is 22.7 Å². The van der Waals surface area contributed by atoms with Crippen LogP contribution in [0, 0.1) is 0 Å². The van der Waals surface area contributed by atoms with Gasteiger partial charge < -0.3 is 10.1 Å². The number of fused-ring (bicyclic) bond motifs is 2. The van der Waals surface area contributed by atoms with E-state index in [0.29, 0.717) is 6.04 Å². The van der Waals surface area contributed by atoms with Crippen LogP contribution in [0.3, 0.4) is 0 Å². The topological polar surface area (TPSA) is 21.3 Å². The van der Waals surface area contributed by atoms with E-state index >= 15 is 0 Å². The summed E-state index contributed by atoms with van der Waals surface area (Å²) in [5, 5.41) is 4.42. The maximum atomic E-state index is 6.21. The lowest BCUT2D eigenvalue weighted by Crippen LogP contribution is -2.33. The summed E-state index contributed by atoms with van der Waals surface area (Å²) in [4.78, 5) is 0. The smallest absolute Gasteiger partial charge is 0.127 e. The van der Waals surface area contributed by atoms with Crippen molar-refractivity contribution in [1.82, 2.24) is 5.32 Å². The Labute approximate surface area is 135 Å². The Morgan fingerprint density at radius 2 is 2.00 bits per heavy atom. The molecule has 4 rings (SSSR count). The molecule has 2 aliphatic rings. The summed E-state index contributed by atoms with van der Waals surface area (Å²) in [6.07, 6.45) is 2.11. The molecule has 4 heteroatoms. The van der Waals surface area contributed by atoms with E-state index in [9.17, 15) is 0 Å². The summed E-state index contributed by atoms with van der Waals surface area (Å²) in [5.74, 6) is 0.945. The van der Waals surface area contributed by atoms with Crippen LogP contribution in [0.25, 0.3) is 11.1 Å². The third-order valence-corrected chi connectivity index (χ3v) is 4.65. The van der Waals surface area contributed by atoms with Crippen LogP contribution in [0.2, 0.25) is 5.02 Å². The molecule has 1 N–H and O–H groups in total. The molecule has 0 fully saturated rings. The Bertz CT molecular complexity index is 699. The fourth-order valence-corrected chi connectivity index (χ4v) is 3.72. The highest BCUT2D eigenvalue weighted by molar-refractivity contribution is 6.31. The van der Waals surface area contributed by atoms with Gasteiger partial charge in [-0.2, -0.15) is 0 Å². The molecule has 0 amide bonds. The Hall–Kier alpha value is -1.22. The van der Waals surface area contributed by atoms with Crippen molar-refractivity contribution in [3.8, 4) is 16.9 Å². The van der Waals surface area contributed by atoms with E-state index < -0.39 is 0 Å². The van der Waals surface area contributed by atoms with Gasteiger partial charge >= 0.3 is 0 Å². The summed E-state index contributed by atoms with van der Waals surface area (Å²) in [6.45, 7) is 1.05. The molecule has 0 bridgehead atoms. The number of hydrogen-bond donors (Lipinski definition) is 1. The van der Waals surface area contributed by atoms with Crippen molar-refractivity contribution in [3.63, 3.8) is 0 Å². The lowest BCUT2D eigenvalue weighted by molar-refractivity contribution is 0.412. The third-order valence-electron chi connectivity index (χ3n) is 4.42. The van der Waals surface area contributed by atoms with Gasteiger partial charge in [0.05, 0.1) is 7.11 Å². The summed E-state index contributed by atoms with van der Waals surface area (Å²) < 4.78 is 5.61. The molecule has 1 atom stereocenters. The third kappa shape index (κ3) is 2.22. The maximum Gasteiger partial charge on any atom is 0.127 e. The van der Waals surface area contributed by atoms with E-state index in [1.165, 1.54) is 27.8 Å². The molecule has 1 aliphatic carbocycles. The van der Waals surface area contributed by atoms with Gasteiger partial charge in [-0.1, -0.05) is 23.7 Å². The number of nitrogens with one attached hydrogen (secondary N) is 1. The van der Waals surface area contributed by atoms with E-state index in [1.54, 1.807) is 7.11 Å². The predicted molar refractivity (Wildman–Crippen MR) is 88.8 cm³/mol. The molecule has 0 saturated heterocycles. The van der Waals surface area contributed by atoms with Crippen molar-refractivity contribution in [3.05, 3.63) is 52.0 Å². The Balaban J connectivity index is 0.00000132. The van der Waals surface area contributed by atoms with E-state index in [4.69, 9.17) is 16.3 Å². The molecule has 1 heterocycles. The molecule has 1 aliphatic heterocycles. The lowest BCUT2D eigenvalue weighted by atomic mass is 9.77. The van der Waals surface area contributed by atoms with Crippen molar-refractivity contribution in [2.24, 2.45) is 0 Å². The number of ether oxygens (including phenoxy) is 1. The molecule has 21 heavy (non-hydrogen) atoms. The van der Waals surface area contributed by atoms with Gasteiger partial charge in [-0.25, -0.2) is 0 Å². The van der Waals surface area contributed by atoms with Gasteiger partial charge in [0, 0.05) is 16.6 Å². The summed E-state index contributed by atoms with van der Waals surface area (Å²) in [7, 11) is 1.74. The highest BCUT2D eigenvalue weighted by atomic mass is 35.5. The number of rotatable bonds is 1. The lowest BCUT2D eigenvalue weighted by Gasteiger charge is -2.35. The van der Waals surface area contributed by atoms with Gasteiger partial charge in [0.15, 0.2) is 0 Å². The highest BCUT2D eigenvalue weighted by Crippen LogP contribution is 2.47. The van der Waals surface area contributed by atoms with Gasteiger partial charge in [0.2, 0.25) is 0 Å². The quantitative estimate of drug-likeness (QED) is 0.850. The minimum absolute atomic E-state index is 0. The molecule has 110 valence electrons.